The van der Waals surface area contributed by atoms with Crippen LogP contribution in [-0.4, -0.2) is 40.5 Å². The maximum absolute atomic E-state index is 12.1. The zero-order valence-electron chi connectivity index (χ0n) is 17.4. The molecule has 1 aromatic rings. The Morgan fingerprint density at radius 1 is 1.15 bits per heavy atom. The molecule has 0 unspecified atom stereocenters. The molecular weight excluding hydrogens is 358 g/mol. The van der Waals surface area contributed by atoms with Crippen LogP contribution in [0.5, 0.6) is 5.75 Å². The molecule has 0 aliphatic carbocycles. The monoisotopic (exact) mass is 391 g/mol. The third kappa shape index (κ3) is 6.48. The first-order valence-electron chi connectivity index (χ1n) is 9.45. The van der Waals surface area contributed by atoms with Crippen LogP contribution >= 0.6 is 0 Å². The number of hydrogen-bond donors (Lipinski definition) is 1. The van der Waals surface area contributed by atoms with Gasteiger partial charge in [0.15, 0.2) is 14.1 Å². The SMILES string of the molecule is COc1ccc(COCC2=CC(=O)C[C@H](CO[Si](C)(C)C(C)(C)C)N2)cc1. The lowest BCUT2D eigenvalue weighted by Crippen LogP contribution is -2.46. The van der Waals surface area contributed by atoms with Crippen molar-refractivity contribution in [3.05, 3.63) is 41.6 Å². The van der Waals surface area contributed by atoms with Crippen LogP contribution in [0.1, 0.15) is 32.8 Å². The van der Waals surface area contributed by atoms with E-state index < -0.39 is 8.32 Å². The van der Waals surface area contributed by atoms with E-state index in [4.69, 9.17) is 13.9 Å². The second kappa shape index (κ2) is 9.04. The van der Waals surface area contributed by atoms with Gasteiger partial charge in [0.25, 0.3) is 0 Å². The van der Waals surface area contributed by atoms with Gasteiger partial charge >= 0.3 is 0 Å². The van der Waals surface area contributed by atoms with Crippen LogP contribution in [-0.2, 0) is 20.6 Å². The molecule has 1 aromatic carbocycles. The van der Waals surface area contributed by atoms with Crippen molar-refractivity contribution < 1.29 is 18.7 Å². The minimum Gasteiger partial charge on any atom is -0.497 e. The molecule has 6 heteroatoms. The average molecular weight is 392 g/mol. The first kappa shape index (κ1) is 21.7. The van der Waals surface area contributed by atoms with Crippen LogP contribution in [0, 0.1) is 0 Å². The van der Waals surface area contributed by atoms with Gasteiger partial charge in [0.2, 0.25) is 0 Å². The Morgan fingerprint density at radius 2 is 1.81 bits per heavy atom. The Bertz CT molecular complexity index is 662. The van der Waals surface area contributed by atoms with E-state index >= 15 is 0 Å². The van der Waals surface area contributed by atoms with E-state index in [9.17, 15) is 4.79 Å². The molecule has 0 fully saturated rings. The van der Waals surface area contributed by atoms with E-state index in [0.29, 0.717) is 26.2 Å². The van der Waals surface area contributed by atoms with E-state index in [0.717, 1.165) is 17.0 Å². The number of carbonyl (C=O) groups excluding carboxylic acids is 1. The Kier molecular flexibility index (Phi) is 7.25. The normalized spacial score (nSPS) is 18.1. The molecule has 1 aliphatic heterocycles. The van der Waals surface area contributed by atoms with Crippen LogP contribution in [0.15, 0.2) is 36.0 Å². The second-order valence-corrected chi connectivity index (χ2v) is 13.4. The van der Waals surface area contributed by atoms with Gasteiger partial charge in [0.05, 0.1) is 33.0 Å². The number of allylic oxidation sites excluding steroid dienone is 1. The van der Waals surface area contributed by atoms with E-state index in [2.05, 4.69) is 39.2 Å². The lowest BCUT2D eigenvalue weighted by molar-refractivity contribution is -0.115. The zero-order chi connectivity index (χ0) is 20.1. The van der Waals surface area contributed by atoms with E-state index in [1.54, 1.807) is 13.2 Å². The van der Waals surface area contributed by atoms with Crippen molar-refractivity contribution in [2.45, 2.75) is 58.0 Å². The quantitative estimate of drug-likeness (QED) is 0.678. The summed E-state index contributed by atoms with van der Waals surface area (Å²) >= 11 is 0. The molecule has 1 aliphatic rings. The molecule has 0 spiro atoms. The highest BCUT2D eigenvalue weighted by Gasteiger charge is 2.38. The van der Waals surface area contributed by atoms with Gasteiger partial charge in [0.1, 0.15) is 5.75 Å². The standard InChI is InChI=1S/C21H33NO4Si/c1-21(2,3)27(5,6)26-15-18-12-19(23)11-17(22-18)14-25-13-16-7-9-20(24-4)10-8-16/h7-11,18,22H,12-15H2,1-6H3/t18-/m1/s1. The molecule has 0 aromatic heterocycles. The van der Waals surface area contributed by atoms with Crippen LogP contribution < -0.4 is 10.1 Å². The number of carbonyl (C=O) groups is 1. The average Bonchev–Trinajstić information content (AvgIpc) is 2.59. The molecule has 1 atom stereocenters. The maximum atomic E-state index is 12.1. The summed E-state index contributed by atoms with van der Waals surface area (Å²) < 4.78 is 17.2. The number of rotatable bonds is 8. The highest BCUT2D eigenvalue weighted by molar-refractivity contribution is 6.74. The Labute approximate surface area is 164 Å². The molecule has 0 radical (unpaired) electrons. The summed E-state index contributed by atoms with van der Waals surface area (Å²) in [6.07, 6.45) is 2.12. The van der Waals surface area contributed by atoms with Crippen molar-refractivity contribution >= 4 is 14.1 Å². The maximum Gasteiger partial charge on any atom is 0.192 e. The Hall–Kier alpha value is -1.63. The minimum absolute atomic E-state index is 0.0104. The van der Waals surface area contributed by atoms with Crippen molar-refractivity contribution in [3.8, 4) is 5.75 Å². The largest absolute Gasteiger partial charge is 0.497 e. The number of ether oxygens (including phenoxy) is 2. The predicted octanol–water partition coefficient (Wildman–Crippen LogP) is 4.05. The highest BCUT2D eigenvalue weighted by Crippen LogP contribution is 2.36. The zero-order valence-corrected chi connectivity index (χ0v) is 18.4. The van der Waals surface area contributed by atoms with Crippen molar-refractivity contribution in [1.29, 1.82) is 0 Å². The van der Waals surface area contributed by atoms with Crippen molar-refractivity contribution in [2.75, 3.05) is 20.3 Å². The van der Waals surface area contributed by atoms with E-state index in [1.165, 1.54) is 0 Å². The van der Waals surface area contributed by atoms with Gasteiger partial charge in [-0.25, -0.2) is 0 Å². The smallest absolute Gasteiger partial charge is 0.192 e. The van der Waals surface area contributed by atoms with Crippen LogP contribution in [0.4, 0.5) is 0 Å². The van der Waals surface area contributed by atoms with Crippen molar-refractivity contribution in [1.82, 2.24) is 5.32 Å². The minimum atomic E-state index is -1.82. The molecule has 150 valence electrons. The molecule has 27 heavy (non-hydrogen) atoms. The van der Waals surface area contributed by atoms with Crippen LogP contribution in [0.25, 0.3) is 0 Å². The molecule has 0 saturated carbocycles. The lowest BCUT2D eigenvalue weighted by atomic mass is 10.1. The van der Waals surface area contributed by atoms with Gasteiger partial charge < -0.3 is 19.2 Å². The fourth-order valence-corrected chi connectivity index (χ4v) is 3.61. The fraction of sp³-hybridized carbons (Fsp3) is 0.571. The third-order valence-corrected chi connectivity index (χ3v) is 9.81. The number of ketones is 1. The van der Waals surface area contributed by atoms with Crippen LogP contribution in [0.2, 0.25) is 18.1 Å². The summed E-state index contributed by atoms with van der Waals surface area (Å²) in [5.74, 6) is 0.950. The van der Waals surface area contributed by atoms with Crippen LogP contribution in [0.3, 0.4) is 0 Å². The first-order valence-corrected chi connectivity index (χ1v) is 12.4. The van der Waals surface area contributed by atoms with Crippen molar-refractivity contribution in [2.24, 2.45) is 0 Å². The number of nitrogens with one attached hydrogen (secondary N) is 1. The predicted molar refractivity (Wildman–Crippen MR) is 110 cm³/mol. The van der Waals surface area contributed by atoms with Gasteiger partial charge in [-0.1, -0.05) is 32.9 Å². The molecule has 0 saturated heterocycles. The summed E-state index contributed by atoms with van der Waals surface area (Å²) in [7, 11) is -0.175. The number of methoxy groups -OCH3 is 1. The van der Waals surface area contributed by atoms with Gasteiger partial charge in [-0.2, -0.15) is 0 Å². The van der Waals surface area contributed by atoms with Crippen molar-refractivity contribution in [3.63, 3.8) is 0 Å². The van der Waals surface area contributed by atoms with Gasteiger partial charge in [-0.15, -0.1) is 0 Å². The van der Waals surface area contributed by atoms with Gasteiger partial charge in [-0.3, -0.25) is 4.79 Å². The molecule has 0 amide bonds. The summed E-state index contributed by atoms with van der Waals surface area (Å²) in [6, 6.07) is 7.78. The third-order valence-electron chi connectivity index (χ3n) is 5.31. The molecule has 5 nitrogen and oxygen atoms in total. The van der Waals surface area contributed by atoms with E-state index in [-0.39, 0.29) is 16.9 Å². The Balaban J connectivity index is 1.82. The topological polar surface area (TPSA) is 56.8 Å². The highest BCUT2D eigenvalue weighted by atomic mass is 28.4. The Morgan fingerprint density at radius 3 is 2.41 bits per heavy atom. The molecule has 1 N–H and O–H groups in total. The molecule has 2 rings (SSSR count). The summed E-state index contributed by atoms with van der Waals surface area (Å²) in [5.41, 5.74) is 1.89. The van der Waals surface area contributed by atoms with E-state index in [1.807, 2.05) is 24.3 Å². The van der Waals surface area contributed by atoms with Gasteiger partial charge in [-0.05, 0) is 35.8 Å². The molecule has 1 heterocycles. The first-order chi connectivity index (χ1) is 12.6. The van der Waals surface area contributed by atoms with Gasteiger partial charge in [0, 0.05) is 18.2 Å². The fourth-order valence-electron chi connectivity index (χ4n) is 2.56. The summed E-state index contributed by atoms with van der Waals surface area (Å²) in [5, 5.41) is 3.56. The second-order valence-electron chi connectivity index (χ2n) is 8.59. The summed E-state index contributed by atoms with van der Waals surface area (Å²) in [6.45, 7) is 12.5. The molecule has 0 bridgehead atoms. The number of hydrogen-bond acceptors (Lipinski definition) is 5. The lowest BCUT2D eigenvalue weighted by Gasteiger charge is -2.38. The summed E-state index contributed by atoms with van der Waals surface area (Å²) in [4.78, 5) is 12.1. The number of benzene rings is 1. The molecular formula is C21H33NO4Si.